The summed E-state index contributed by atoms with van der Waals surface area (Å²) in [5.74, 6) is 8.31. The van der Waals surface area contributed by atoms with Crippen molar-refractivity contribution in [3.8, 4) is 23.2 Å². The minimum atomic E-state index is -0.302. The van der Waals surface area contributed by atoms with E-state index >= 15 is 0 Å². The lowest BCUT2D eigenvalue weighted by Gasteiger charge is -2.30. The maximum Gasteiger partial charge on any atom is 0.275 e. The van der Waals surface area contributed by atoms with Gasteiger partial charge in [0.25, 0.3) is 5.91 Å². The molecule has 1 saturated carbocycles. The summed E-state index contributed by atoms with van der Waals surface area (Å²) in [5, 5.41) is 2.87. The molecule has 3 N–H and O–H groups in total. The molecular weight excluding hydrogens is 476 g/mol. The van der Waals surface area contributed by atoms with Crippen LogP contribution in [0.25, 0.3) is 16.9 Å². The second kappa shape index (κ2) is 10.2. The van der Waals surface area contributed by atoms with Crippen molar-refractivity contribution in [3.63, 3.8) is 0 Å². The third-order valence-corrected chi connectivity index (χ3v) is 7.31. The molecule has 5 heterocycles. The van der Waals surface area contributed by atoms with Crippen LogP contribution in [0.2, 0.25) is 0 Å². The molecule has 4 aromatic heterocycles. The Bertz CT molecular complexity index is 1540. The van der Waals surface area contributed by atoms with E-state index in [1.54, 1.807) is 24.7 Å². The molecule has 9 nitrogen and oxygen atoms in total. The molecule has 4 aromatic rings. The van der Waals surface area contributed by atoms with E-state index in [9.17, 15) is 4.79 Å². The van der Waals surface area contributed by atoms with E-state index in [0.29, 0.717) is 29.2 Å². The van der Waals surface area contributed by atoms with Gasteiger partial charge in [0.15, 0.2) is 0 Å². The van der Waals surface area contributed by atoms with E-state index in [1.807, 2.05) is 35.6 Å². The van der Waals surface area contributed by atoms with Gasteiger partial charge in [-0.25, -0.2) is 15.0 Å². The van der Waals surface area contributed by atoms with Gasteiger partial charge in [0.2, 0.25) is 5.95 Å². The van der Waals surface area contributed by atoms with Gasteiger partial charge in [-0.2, -0.15) is 0 Å². The minimum absolute atomic E-state index is 0.268. The fraction of sp³-hybridized carbons (Fsp3) is 0.345. The van der Waals surface area contributed by atoms with Crippen LogP contribution < -0.4 is 11.1 Å². The Kier molecular flexibility index (Phi) is 6.48. The predicted molar refractivity (Wildman–Crippen MR) is 147 cm³/mol. The third-order valence-electron chi connectivity index (χ3n) is 7.31. The lowest BCUT2D eigenvalue weighted by Crippen LogP contribution is -2.34. The van der Waals surface area contributed by atoms with Crippen LogP contribution >= 0.6 is 0 Å². The highest BCUT2D eigenvalue weighted by atomic mass is 16.1. The number of nitrogens with one attached hydrogen (secondary N) is 1. The predicted octanol–water partition coefficient (Wildman–Crippen LogP) is 4.10. The van der Waals surface area contributed by atoms with Crippen molar-refractivity contribution >= 4 is 23.2 Å². The highest BCUT2D eigenvalue weighted by molar-refractivity contribution is 6.02. The highest BCUT2D eigenvalue weighted by Crippen LogP contribution is 2.40. The fourth-order valence-electron chi connectivity index (χ4n) is 5.22. The number of pyridine rings is 2. The van der Waals surface area contributed by atoms with Crippen LogP contribution in [0, 0.1) is 11.8 Å². The first-order valence-corrected chi connectivity index (χ1v) is 13.1. The molecule has 1 aliphatic carbocycles. The first-order valence-electron chi connectivity index (χ1n) is 13.1. The van der Waals surface area contributed by atoms with Gasteiger partial charge >= 0.3 is 0 Å². The van der Waals surface area contributed by atoms with Gasteiger partial charge in [-0.05, 0) is 81.0 Å². The number of hydrogen-bond donors (Lipinski definition) is 2. The van der Waals surface area contributed by atoms with Crippen LogP contribution in [0.1, 0.15) is 66.2 Å². The monoisotopic (exact) mass is 506 g/mol. The maximum atomic E-state index is 12.9. The average Bonchev–Trinajstić information content (AvgIpc) is 3.73. The van der Waals surface area contributed by atoms with Gasteiger partial charge in [-0.15, -0.1) is 5.92 Å². The van der Waals surface area contributed by atoms with Gasteiger partial charge in [0.1, 0.15) is 17.3 Å². The zero-order valence-corrected chi connectivity index (χ0v) is 21.4. The number of imidazole rings is 1. The van der Waals surface area contributed by atoms with Gasteiger partial charge in [-0.3, -0.25) is 19.1 Å². The number of rotatable bonds is 6. The Balaban J connectivity index is 1.27. The van der Waals surface area contributed by atoms with E-state index in [1.165, 1.54) is 18.4 Å². The normalized spacial score (nSPS) is 17.7. The quantitative estimate of drug-likeness (QED) is 0.378. The SMILES string of the molecule is CC#CCN1CCCC(c2nc(-c3ccc(C(=O)Nc4cc(C5CC5)ccn4)nc3)n3c(N)nccc23)C1. The van der Waals surface area contributed by atoms with Crippen LogP contribution in [0.15, 0.2) is 48.9 Å². The Hall–Kier alpha value is -4.29. The van der Waals surface area contributed by atoms with Crippen LogP contribution in [-0.2, 0) is 0 Å². The van der Waals surface area contributed by atoms with E-state index < -0.39 is 0 Å². The number of carbonyl (C=O) groups excluding carboxylic acids is 1. The molecule has 1 aliphatic heterocycles. The molecule has 9 heteroatoms. The van der Waals surface area contributed by atoms with E-state index in [4.69, 9.17) is 10.7 Å². The van der Waals surface area contributed by atoms with Crippen molar-refractivity contribution in [2.24, 2.45) is 0 Å². The summed E-state index contributed by atoms with van der Waals surface area (Å²) < 4.78 is 1.88. The highest BCUT2D eigenvalue weighted by Gasteiger charge is 2.27. The van der Waals surface area contributed by atoms with Crippen molar-refractivity contribution < 1.29 is 4.79 Å². The Labute approximate surface area is 221 Å². The zero-order valence-electron chi connectivity index (χ0n) is 21.4. The van der Waals surface area contributed by atoms with Crippen molar-refractivity contribution in [3.05, 3.63) is 65.9 Å². The lowest BCUT2D eigenvalue weighted by atomic mass is 9.94. The summed E-state index contributed by atoms with van der Waals surface area (Å²) in [6.45, 7) is 4.58. The number of amides is 1. The Morgan fingerprint density at radius 2 is 1.97 bits per heavy atom. The Morgan fingerprint density at radius 3 is 2.76 bits per heavy atom. The largest absolute Gasteiger partial charge is 0.369 e. The molecule has 1 amide bonds. The number of nitrogens with zero attached hydrogens (tertiary/aromatic N) is 6. The number of nitrogens with two attached hydrogens (primary N) is 1. The van der Waals surface area contributed by atoms with Gasteiger partial charge < -0.3 is 11.1 Å². The number of hydrogen-bond acceptors (Lipinski definition) is 7. The first-order chi connectivity index (χ1) is 18.6. The average molecular weight is 507 g/mol. The molecule has 0 bridgehead atoms. The molecular formula is C29H30N8O. The Morgan fingerprint density at radius 1 is 1.11 bits per heavy atom. The summed E-state index contributed by atoms with van der Waals surface area (Å²) in [6, 6.07) is 9.47. The lowest BCUT2D eigenvalue weighted by molar-refractivity contribution is 0.102. The van der Waals surface area contributed by atoms with Crippen LogP contribution in [0.5, 0.6) is 0 Å². The number of nitrogen functional groups attached to an aromatic ring is 1. The standard InChI is InChI=1S/C29H30N8O/c1-2-3-14-36-15-4-5-22(18-36)26-24-11-13-32-29(30)37(24)27(35-26)21-8-9-23(33-17-21)28(38)34-25-16-20(10-12-31-25)19-6-7-19/h8-13,16-17,19,22H,4-7,14-15,18H2,1H3,(H2,30,32)(H,31,34,38). The number of aromatic nitrogens is 5. The molecule has 38 heavy (non-hydrogen) atoms. The first kappa shape index (κ1) is 24.1. The number of fused-ring (bicyclic) bond motifs is 1. The molecule has 0 aromatic carbocycles. The van der Waals surface area contributed by atoms with Gasteiger partial charge in [-0.1, -0.05) is 5.92 Å². The van der Waals surface area contributed by atoms with Gasteiger partial charge in [0.05, 0.1) is 17.8 Å². The number of carbonyl (C=O) groups is 1. The van der Waals surface area contributed by atoms with E-state index in [2.05, 4.69) is 37.0 Å². The van der Waals surface area contributed by atoms with Crippen LogP contribution in [-0.4, -0.2) is 54.8 Å². The maximum absolute atomic E-state index is 12.9. The second-order valence-corrected chi connectivity index (χ2v) is 9.98. The third kappa shape index (κ3) is 4.83. The van der Waals surface area contributed by atoms with E-state index in [-0.39, 0.29) is 11.8 Å². The molecule has 1 atom stereocenters. The molecule has 0 spiro atoms. The van der Waals surface area contributed by atoms with Crippen molar-refractivity contribution in [2.45, 2.75) is 44.4 Å². The molecule has 2 fully saturated rings. The summed E-state index contributed by atoms with van der Waals surface area (Å²) in [7, 11) is 0. The van der Waals surface area contributed by atoms with Crippen LogP contribution in [0.3, 0.4) is 0 Å². The molecule has 1 unspecified atom stereocenters. The minimum Gasteiger partial charge on any atom is -0.369 e. The summed E-state index contributed by atoms with van der Waals surface area (Å²) >= 11 is 0. The second-order valence-electron chi connectivity index (χ2n) is 9.98. The van der Waals surface area contributed by atoms with Crippen molar-refractivity contribution in [1.82, 2.24) is 29.2 Å². The molecule has 1 saturated heterocycles. The summed E-state index contributed by atoms with van der Waals surface area (Å²) in [5.41, 5.74) is 10.6. The topological polar surface area (TPSA) is 114 Å². The molecule has 192 valence electrons. The number of anilines is 2. The smallest absolute Gasteiger partial charge is 0.275 e. The van der Waals surface area contributed by atoms with Crippen molar-refractivity contribution in [1.29, 1.82) is 0 Å². The van der Waals surface area contributed by atoms with Crippen LogP contribution in [0.4, 0.5) is 11.8 Å². The summed E-state index contributed by atoms with van der Waals surface area (Å²) in [6.07, 6.45) is 9.65. The fourth-order valence-corrected chi connectivity index (χ4v) is 5.22. The van der Waals surface area contributed by atoms with E-state index in [0.717, 1.165) is 49.2 Å². The zero-order chi connectivity index (χ0) is 26.1. The van der Waals surface area contributed by atoms with Gasteiger partial charge in [0, 0.05) is 36.6 Å². The molecule has 0 radical (unpaired) electrons. The molecule has 6 rings (SSSR count). The number of piperidine rings is 1. The summed E-state index contributed by atoms with van der Waals surface area (Å²) in [4.78, 5) is 33.3. The molecule has 2 aliphatic rings. The van der Waals surface area contributed by atoms with Crippen molar-refractivity contribution in [2.75, 3.05) is 30.7 Å². The number of likely N-dealkylation sites (tertiary alicyclic amines) is 1.